The molecule has 0 fully saturated rings. The van der Waals surface area contributed by atoms with Gasteiger partial charge >= 0.3 is 0 Å². The molecule has 7 heteroatoms. The van der Waals surface area contributed by atoms with E-state index in [-0.39, 0.29) is 11.7 Å². The van der Waals surface area contributed by atoms with Gasteiger partial charge in [-0.2, -0.15) is 0 Å². The Morgan fingerprint density at radius 2 is 2.47 bits per heavy atom. The number of nitrogens with one attached hydrogen (secondary N) is 1. The maximum atomic E-state index is 11.6. The van der Waals surface area contributed by atoms with Crippen LogP contribution in [0.2, 0.25) is 0 Å². The van der Waals surface area contributed by atoms with Crippen molar-refractivity contribution in [1.82, 2.24) is 10.3 Å². The number of oxime groups is 1. The van der Waals surface area contributed by atoms with E-state index in [4.69, 9.17) is 10.9 Å². The van der Waals surface area contributed by atoms with Gasteiger partial charge in [0.05, 0.1) is 12.5 Å². The Kier molecular flexibility index (Phi) is 4.89. The average Bonchev–Trinajstić information content (AvgIpc) is 2.81. The summed E-state index contributed by atoms with van der Waals surface area (Å²) >= 11 is 1.56. The number of nitrogens with zero attached hydrogens (tertiary/aromatic N) is 2. The number of carbonyl (C=O) groups excluding carboxylic acids is 1. The van der Waals surface area contributed by atoms with Crippen molar-refractivity contribution >= 4 is 23.1 Å². The summed E-state index contributed by atoms with van der Waals surface area (Å²) in [5, 5.41) is 14.8. The van der Waals surface area contributed by atoms with Crippen LogP contribution in [0.15, 0.2) is 11.4 Å². The first kappa shape index (κ1) is 13.4. The molecule has 1 heterocycles. The minimum atomic E-state index is -0.648. The van der Waals surface area contributed by atoms with Gasteiger partial charge in [0.1, 0.15) is 5.01 Å². The number of thiazole rings is 1. The topological polar surface area (TPSA) is 101 Å². The molecule has 0 saturated heterocycles. The van der Waals surface area contributed by atoms with Gasteiger partial charge in [0.25, 0.3) is 0 Å². The van der Waals surface area contributed by atoms with Gasteiger partial charge in [0, 0.05) is 11.1 Å². The fourth-order valence-corrected chi connectivity index (χ4v) is 1.93. The number of rotatable bonds is 5. The van der Waals surface area contributed by atoms with Crippen molar-refractivity contribution in [2.24, 2.45) is 16.8 Å². The second-order valence-electron chi connectivity index (χ2n) is 3.54. The smallest absolute Gasteiger partial charge is 0.230 e. The van der Waals surface area contributed by atoms with Crippen molar-refractivity contribution in [3.8, 4) is 0 Å². The molecule has 0 aliphatic carbocycles. The van der Waals surface area contributed by atoms with E-state index in [1.165, 1.54) is 4.88 Å². The zero-order valence-electron chi connectivity index (χ0n) is 9.80. The van der Waals surface area contributed by atoms with E-state index in [0.717, 1.165) is 11.4 Å². The van der Waals surface area contributed by atoms with E-state index in [0.29, 0.717) is 6.54 Å². The van der Waals surface area contributed by atoms with Gasteiger partial charge < -0.3 is 16.3 Å². The molecule has 0 saturated carbocycles. The largest absolute Gasteiger partial charge is 0.409 e. The summed E-state index contributed by atoms with van der Waals surface area (Å²) < 4.78 is 0. The third-order valence-electron chi connectivity index (χ3n) is 2.32. The van der Waals surface area contributed by atoms with Crippen LogP contribution in [0.3, 0.4) is 0 Å². The summed E-state index contributed by atoms with van der Waals surface area (Å²) in [5.74, 6) is -1.03. The lowest BCUT2D eigenvalue weighted by Gasteiger charge is -2.09. The molecule has 0 bridgehead atoms. The molecule has 0 spiro atoms. The Bertz CT molecular complexity index is 416. The Morgan fingerprint density at radius 3 is 3.00 bits per heavy atom. The number of hydrogen-bond donors (Lipinski definition) is 3. The fraction of sp³-hybridized carbons (Fsp3) is 0.500. The molecule has 0 radical (unpaired) electrons. The Balaban J connectivity index is 2.48. The van der Waals surface area contributed by atoms with E-state index >= 15 is 0 Å². The molecule has 1 amide bonds. The maximum Gasteiger partial charge on any atom is 0.230 e. The van der Waals surface area contributed by atoms with Gasteiger partial charge in [-0.3, -0.25) is 4.79 Å². The highest BCUT2D eigenvalue weighted by molar-refractivity contribution is 7.11. The zero-order chi connectivity index (χ0) is 12.8. The van der Waals surface area contributed by atoms with Crippen LogP contribution in [-0.2, 0) is 17.8 Å². The Morgan fingerprint density at radius 1 is 1.76 bits per heavy atom. The minimum absolute atomic E-state index is 0.101. The summed E-state index contributed by atoms with van der Waals surface area (Å²) in [6, 6.07) is 0. The van der Waals surface area contributed by atoms with Crippen LogP contribution >= 0.6 is 11.3 Å². The average molecular weight is 256 g/mol. The molecule has 0 aliphatic rings. The second kappa shape index (κ2) is 6.19. The molecule has 17 heavy (non-hydrogen) atoms. The molecule has 6 nitrogen and oxygen atoms in total. The zero-order valence-corrected chi connectivity index (χ0v) is 10.6. The number of hydrogen-bond acceptors (Lipinski definition) is 5. The van der Waals surface area contributed by atoms with Crippen LogP contribution in [0, 0.1) is 5.92 Å². The first-order valence-corrected chi connectivity index (χ1v) is 6.08. The quantitative estimate of drug-likeness (QED) is 0.312. The Labute approximate surface area is 104 Å². The molecule has 0 aliphatic heterocycles. The molecule has 1 rings (SSSR count). The number of carbonyl (C=O) groups is 1. The molecule has 4 N–H and O–H groups in total. The van der Waals surface area contributed by atoms with Crippen LogP contribution in [0.4, 0.5) is 0 Å². The third kappa shape index (κ3) is 3.70. The monoisotopic (exact) mass is 256 g/mol. The molecule has 0 aromatic carbocycles. The van der Waals surface area contributed by atoms with E-state index in [1.807, 2.05) is 0 Å². The van der Waals surface area contributed by atoms with Crippen LogP contribution < -0.4 is 11.1 Å². The lowest BCUT2D eigenvalue weighted by Crippen LogP contribution is -2.36. The lowest BCUT2D eigenvalue weighted by molar-refractivity contribution is -0.122. The summed E-state index contributed by atoms with van der Waals surface area (Å²) in [6.45, 7) is 3.99. The van der Waals surface area contributed by atoms with E-state index in [1.54, 1.807) is 24.5 Å². The van der Waals surface area contributed by atoms with Crippen molar-refractivity contribution in [3.05, 3.63) is 16.1 Å². The van der Waals surface area contributed by atoms with Crippen molar-refractivity contribution < 1.29 is 10.0 Å². The summed E-state index contributed by atoms with van der Waals surface area (Å²) in [5.41, 5.74) is 5.34. The van der Waals surface area contributed by atoms with E-state index in [9.17, 15) is 4.79 Å². The number of amidine groups is 1. The van der Waals surface area contributed by atoms with Crippen molar-refractivity contribution in [1.29, 1.82) is 0 Å². The van der Waals surface area contributed by atoms with Crippen molar-refractivity contribution in [2.75, 3.05) is 0 Å². The first-order chi connectivity index (χ1) is 8.08. The molecule has 1 aromatic rings. The number of nitrogens with two attached hydrogens (primary N) is 1. The molecule has 1 unspecified atom stereocenters. The number of aryl methyl sites for hydroxylation is 1. The molecular formula is C10H16N4O2S. The van der Waals surface area contributed by atoms with Crippen molar-refractivity contribution in [3.63, 3.8) is 0 Å². The molecule has 1 aromatic heterocycles. The van der Waals surface area contributed by atoms with Gasteiger partial charge in [-0.25, -0.2) is 4.98 Å². The highest BCUT2D eigenvalue weighted by atomic mass is 32.1. The highest BCUT2D eigenvalue weighted by Gasteiger charge is 2.17. The van der Waals surface area contributed by atoms with Crippen LogP contribution in [0.1, 0.15) is 23.7 Å². The van der Waals surface area contributed by atoms with Crippen LogP contribution in [0.5, 0.6) is 0 Å². The standard InChI is InChI=1S/C10H16N4O2S/c1-3-7-4-12-8(17-7)5-13-10(15)6(2)9(11)14-16/h4,6,16H,3,5H2,1-2H3,(H2,11,14)(H,13,15). The normalized spacial score (nSPS) is 13.4. The SMILES string of the molecule is CCc1cnc(CNC(=O)C(C)C(N)=NO)s1. The predicted molar refractivity (Wildman–Crippen MR) is 65.9 cm³/mol. The van der Waals surface area contributed by atoms with Gasteiger partial charge in [-0.15, -0.1) is 11.3 Å². The van der Waals surface area contributed by atoms with E-state index in [2.05, 4.69) is 22.4 Å². The molecule has 94 valence electrons. The molecular weight excluding hydrogens is 240 g/mol. The summed E-state index contributed by atoms with van der Waals surface area (Å²) in [7, 11) is 0. The first-order valence-electron chi connectivity index (χ1n) is 5.27. The Hall–Kier alpha value is -1.63. The minimum Gasteiger partial charge on any atom is -0.409 e. The van der Waals surface area contributed by atoms with Gasteiger partial charge in [0.2, 0.25) is 5.91 Å². The summed E-state index contributed by atoms with van der Waals surface area (Å²) in [6.07, 6.45) is 2.74. The van der Waals surface area contributed by atoms with Gasteiger partial charge in [-0.1, -0.05) is 12.1 Å². The maximum absolute atomic E-state index is 11.6. The fourth-order valence-electron chi connectivity index (χ4n) is 1.13. The predicted octanol–water partition coefficient (Wildman–Crippen LogP) is 0.704. The number of aromatic nitrogens is 1. The second-order valence-corrected chi connectivity index (χ2v) is 4.74. The third-order valence-corrected chi connectivity index (χ3v) is 3.46. The highest BCUT2D eigenvalue weighted by Crippen LogP contribution is 2.12. The molecule has 1 atom stereocenters. The number of amides is 1. The van der Waals surface area contributed by atoms with Crippen LogP contribution in [-0.4, -0.2) is 21.9 Å². The lowest BCUT2D eigenvalue weighted by atomic mass is 10.1. The van der Waals surface area contributed by atoms with E-state index < -0.39 is 5.92 Å². The van der Waals surface area contributed by atoms with Crippen molar-refractivity contribution in [2.45, 2.75) is 26.8 Å². The van der Waals surface area contributed by atoms with Gasteiger partial charge in [-0.05, 0) is 13.3 Å². The van der Waals surface area contributed by atoms with Gasteiger partial charge in [0.15, 0.2) is 5.84 Å². The van der Waals surface area contributed by atoms with Crippen LogP contribution in [0.25, 0.3) is 0 Å². The summed E-state index contributed by atoms with van der Waals surface area (Å²) in [4.78, 5) is 16.9.